The normalized spacial score (nSPS) is 20.4. The molecule has 0 saturated heterocycles. The highest BCUT2D eigenvalue weighted by molar-refractivity contribution is 7.09. The van der Waals surface area contributed by atoms with E-state index in [2.05, 4.69) is 10.4 Å². The van der Waals surface area contributed by atoms with Gasteiger partial charge < -0.3 is 5.11 Å². The Labute approximate surface area is 95.4 Å². The molecule has 1 unspecified atom stereocenters. The van der Waals surface area contributed by atoms with E-state index in [9.17, 15) is 5.11 Å². The Bertz CT molecular complexity index is 304. The molecule has 0 aliphatic heterocycles. The summed E-state index contributed by atoms with van der Waals surface area (Å²) in [5.74, 6) is 0.515. The van der Waals surface area contributed by atoms with Crippen LogP contribution in [0, 0.1) is 12.8 Å². The van der Waals surface area contributed by atoms with Crippen LogP contribution in [0.1, 0.15) is 42.8 Å². The first-order chi connectivity index (χ1) is 7.25. The molecule has 0 bridgehead atoms. The van der Waals surface area contributed by atoms with Gasteiger partial charge in [-0.3, -0.25) is 0 Å². The molecule has 0 aromatic carbocycles. The fourth-order valence-electron chi connectivity index (χ4n) is 2.40. The smallest absolute Gasteiger partial charge is 0.0897 e. The van der Waals surface area contributed by atoms with E-state index >= 15 is 0 Å². The maximum Gasteiger partial charge on any atom is 0.0897 e. The van der Waals surface area contributed by atoms with Crippen molar-refractivity contribution < 1.29 is 5.11 Å². The maximum absolute atomic E-state index is 10.1. The molecule has 1 aliphatic carbocycles. The number of aryl methyl sites for hydroxylation is 1. The number of aliphatic hydroxyl groups is 1. The first kappa shape index (κ1) is 11.1. The van der Waals surface area contributed by atoms with E-state index in [1.165, 1.54) is 32.1 Å². The van der Waals surface area contributed by atoms with Crippen LogP contribution < -0.4 is 0 Å². The minimum Gasteiger partial charge on any atom is -0.392 e. The maximum atomic E-state index is 10.1. The average Bonchev–Trinajstić information content (AvgIpc) is 2.65. The molecule has 0 spiro atoms. The molecule has 0 radical (unpaired) electrons. The number of rotatable bonds is 3. The van der Waals surface area contributed by atoms with Gasteiger partial charge in [0.2, 0.25) is 0 Å². The molecular formula is C12H19NOS. The highest BCUT2D eigenvalue weighted by Gasteiger charge is 2.22. The van der Waals surface area contributed by atoms with Crippen LogP contribution in [-0.2, 0) is 6.42 Å². The second-order valence-corrected chi connectivity index (χ2v) is 5.59. The highest BCUT2D eigenvalue weighted by Crippen LogP contribution is 2.28. The van der Waals surface area contributed by atoms with Crippen LogP contribution in [0.5, 0.6) is 0 Å². The van der Waals surface area contributed by atoms with E-state index in [0.717, 1.165) is 17.1 Å². The predicted molar refractivity (Wildman–Crippen MR) is 63.1 cm³/mol. The number of hydrogen-bond donors (Lipinski definition) is 1. The van der Waals surface area contributed by atoms with Gasteiger partial charge in [0.25, 0.3) is 0 Å². The molecule has 1 aromatic rings. The van der Waals surface area contributed by atoms with Crippen molar-refractivity contribution in [3.05, 3.63) is 16.1 Å². The Morgan fingerprint density at radius 1 is 1.47 bits per heavy atom. The van der Waals surface area contributed by atoms with Crippen LogP contribution in [0.2, 0.25) is 0 Å². The zero-order chi connectivity index (χ0) is 10.7. The molecule has 2 nitrogen and oxygen atoms in total. The van der Waals surface area contributed by atoms with Crippen LogP contribution in [0.4, 0.5) is 0 Å². The van der Waals surface area contributed by atoms with Crippen LogP contribution in [-0.4, -0.2) is 16.2 Å². The van der Waals surface area contributed by atoms with E-state index in [-0.39, 0.29) is 6.10 Å². The van der Waals surface area contributed by atoms with Crippen LogP contribution in [0.15, 0.2) is 5.38 Å². The average molecular weight is 225 g/mol. The summed E-state index contributed by atoms with van der Waals surface area (Å²) >= 11 is 1.67. The second-order valence-electron chi connectivity index (χ2n) is 4.53. The fourth-order valence-corrected chi connectivity index (χ4v) is 3.03. The SMILES string of the molecule is Cc1nc(CC(O)C2CCCCC2)cs1. The van der Waals surface area contributed by atoms with Crippen LogP contribution in [0.3, 0.4) is 0 Å². The van der Waals surface area contributed by atoms with Gasteiger partial charge in [0.15, 0.2) is 0 Å². The standard InChI is InChI=1S/C12H19NOS/c1-9-13-11(8-15-9)7-12(14)10-5-3-2-4-6-10/h8,10,12,14H,2-7H2,1H3. The van der Waals surface area contributed by atoms with Crippen molar-refractivity contribution in [2.75, 3.05) is 0 Å². The molecule has 0 amide bonds. The Hall–Kier alpha value is -0.410. The lowest BCUT2D eigenvalue weighted by molar-refractivity contribution is 0.0844. The quantitative estimate of drug-likeness (QED) is 0.858. The van der Waals surface area contributed by atoms with Gasteiger partial charge in [-0.2, -0.15) is 0 Å². The molecule has 1 saturated carbocycles. The summed E-state index contributed by atoms with van der Waals surface area (Å²) in [6.07, 6.45) is 6.89. The third-order valence-corrected chi connectivity index (χ3v) is 4.10. The van der Waals surface area contributed by atoms with E-state index in [0.29, 0.717) is 5.92 Å². The summed E-state index contributed by atoms with van der Waals surface area (Å²) in [6, 6.07) is 0. The lowest BCUT2D eigenvalue weighted by atomic mass is 9.84. The van der Waals surface area contributed by atoms with E-state index < -0.39 is 0 Å². The first-order valence-corrected chi connectivity index (χ1v) is 6.73. The summed E-state index contributed by atoms with van der Waals surface area (Å²) in [6.45, 7) is 2.02. The first-order valence-electron chi connectivity index (χ1n) is 5.85. The lowest BCUT2D eigenvalue weighted by Crippen LogP contribution is -2.25. The highest BCUT2D eigenvalue weighted by atomic mass is 32.1. The molecule has 1 heterocycles. The molecule has 1 aliphatic rings. The zero-order valence-electron chi connectivity index (χ0n) is 9.28. The van der Waals surface area contributed by atoms with Gasteiger partial charge in [0, 0.05) is 11.8 Å². The third kappa shape index (κ3) is 3.02. The molecular weight excluding hydrogens is 206 g/mol. The van der Waals surface area contributed by atoms with Gasteiger partial charge >= 0.3 is 0 Å². The predicted octanol–water partition coefficient (Wildman–Crippen LogP) is 2.94. The number of thiazole rings is 1. The van der Waals surface area contributed by atoms with Crippen molar-refractivity contribution in [3.63, 3.8) is 0 Å². The lowest BCUT2D eigenvalue weighted by Gasteiger charge is -2.26. The molecule has 3 heteroatoms. The van der Waals surface area contributed by atoms with E-state index in [4.69, 9.17) is 0 Å². The molecule has 1 atom stereocenters. The van der Waals surface area contributed by atoms with Gasteiger partial charge in [-0.05, 0) is 25.7 Å². The van der Waals surface area contributed by atoms with Crippen molar-refractivity contribution in [3.8, 4) is 0 Å². The van der Waals surface area contributed by atoms with Crippen LogP contribution in [0.25, 0.3) is 0 Å². The van der Waals surface area contributed by atoms with Crippen molar-refractivity contribution in [2.45, 2.75) is 51.6 Å². The molecule has 15 heavy (non-hydrogen) atoms. The van der Waals surface area contributed by atoms with Gasteiger partial charge in [-0.15, -0.1) is 11.3 Å². The van der Waals surface area contributed by atoms with E-state index in [1.54, 1.807) is 11.3 Å². The van der Waals surface area contributed by atoms with Gasteiger partial charge in [0.1, 0.15) is 0 Å². The molecule has 84 valence electrons. The second kappa shape index (κ2) is 5.08. The molecule has 1 fully saturated rings. The monoisotopic (exact) mass is 225 g/mol. The summed E-state index contributed by atoms with van der Waals surface area (Å²) in [5, 5.41) is 13.3. The topological polar surface area (TPSA) is 33.1 Å². The zero-order valence-corrected chi connectivity index (χ0v) is 10.1. The Balaban J connectivity index is 1.88. The van der Waals surface area contributed by atoms with Gasteiger partial charge in [-0.25, -0.2) is 4.98 Å². The Morgan fingerprint density at radius 2 is 2.20 bits per heavy atom. The van der Waals surface area contributed by atoms with Crippen molar-refractivity contribution in [1.82, 2.24) is 4.98 Å². The summed E-state index contributed by atoms with van der Waals surface area (Å²) in [7, 11) is 0. The largest absolute Gasteiger partial charge is 0.392 e. The minimum absolute atomic E-state index is 0.174. The van der Waals surface area contributed by atoms with Crippen molar-refractivity contribution >= 4 is 11.3 Å². The summed E-state index contributed by atoms with van der Waals surface area (Å²) in [5.41, 5.74) is 1.07. The van der Waals surface area contributed by atoms with Crippen molar-refractivity contribution in [2.24, 2.45) is 5.92 Å². The van der Waals surface area contributed by atoms with Crippen LogP contribution >= 0.6 is 11.3 Å². The summed E-state index contributed by atoms with van der Waals surface area (Å²) in [4.78, 5) is 4.40. The minimum atomic E-state index is -0.174. The molecule has 2 rings (SSSR count). The van der Waals surface area contributed by atoms with Gasteiger partial charge in [-0.1, -0.05) is 19.3 Å². The number of aromatic nitrogens is 1. The van der Waals surface area contributed by atoms with Gasteiger partial charge in [0.05, 0.1) is 16.8 Å². The Kier molecular flexibility index (Phi) is 3.76. The number of hydrogen-bond acceptors (Lipinski definition) is 3. The fraction of sp³-hybridized carbons (Fsp3) is 0.750. The third-order valence-electron chi connectivity index (χ3n) is 3.28. The molecule has 1 N–H and O–H groups in total. The van der Waals surface area contributed by atoms with Crippen molar-refractivity contribution in [1.29, 1.82) is 0 Å². The summed E-state index contributed by atoms with van der Waals surface area (Å²) < 4.78 is 0. The Morgan fingerprint density at radius 3 is 2.80 bits per heavy atom. The molecule has 1 aromatic heterocycles. The number of aliphatic hydroxyl groups excluding tert-OH is 1. The van der Waals surface area contributed by atoms with E-state index in [1.807, 2.05) is 6.92 Å². The number of nitrogens with zero attached hydrogens (tertiary/aromatic N) is 1.